The molecular weight excluding hydrogens is 430 g/mol. The highest BCUT2D eigenvalue weighted by Gasteiger charge is 2.44. The minimum absolute atomic E-state index is 0.550. The summed E-state index contributed by atoms with van der Waals surface area (Å²) in [5.74, 6) is 1.11. The van der Waals surface area contributed by atoms with Crippen molar-refractivity contribution >= 4 is 34.0 Å². The molecule has 0 amide bonds. The van der Waals surface area contributed by atoms with Crippen molar-refractivity contribution in [1.82, 2.24) is 0 Å². The number of nitriles is 1. The molecule has 7 heteroatoms. The van der Waals surface area contributed by atoms with Crippen LogP contribution in [-0.2, 0) is 0 Å². The van der Waals surface area contributed by atoms with Gasteiger partial charge in [-0.2, -0.15) is 5.26 Å². The fraction of sp³-hybridized carbons (Fsp3) is 0.167. The molecule has 0 bridgehead atoms. The molecule has 5 nitrogen and oxygen atoms in total. The molecule has 1 aliphatic heterocycles. The van der Waals surface area contributed by atoms with Crippen molar-refractivity contribution in [3.8, 4) is 17.6 Å². The zero-order chi connectivity index (χ0) is 21.8. The normalized spacial score (nSPS) is 19.5. The second-order valence-corrected chi connectivity index (χ2v) is 8.51. The Morgan fingerprint density at radius 1 is 1.00 bits per heavy atom. The molecule has 0 saturated carbocycles. The summed E-state index contributed by atoms with van der Waals surface area (Å²) in [6, 6.07) is 25.4. The van der Waals surface area contributed by atoms with Crippen molar-refractivity contribution in [2.45, 2.75) is 15.9 Å². The molecule has 0 aromatic heterocycles. The maximum atomic E-state index is 10.2. The van der Waals surface area contributed by atoms with Crippen LogP contribution >= 0.6 is 23.4 Å². The Morgan fingerprint density at radius 2 is 1.61 bits per heavy atom. The smallest absolute Gasteiger partial charge is 0.202 e. The number of alkyl halides is 1. The summed E-state index contributed by atoms with van der Waals surface area (Å²) < 4.78 is 11.0. The second kappa shape index (κ2) is 8.93. The van der Waals surface area contributed by atoms with Gasteiger partial charge in [0.05, 0.1) is 25.6 Å². The first-order valence-corrected chi connectivity index (χ1v) is 10.8. The lowest BCUT2D eigenvalue weighted by atomic mass is 10.0. The van der Waals surface area contributed by atoms with E-state index in [-0.39, 0.29) is 0 Å². The first kappa shape index (κ1) is 21.1. The van der Waals surface area contributed by atoms with Crippen LogP contribution < -0.4 is 25.4 Å². The van der Waals surface area contributed by atoms with E-state index >= 15 is 0 Å². The van der Waals surface area contributed by atoms with Gasteiger partial charge in [-0.25, -0.2) is 0 Å². The number of anilines is 1. The van der Waals surface area contributed by atoms with E-state index in [0.717, 1.165) is 15.8 Å². The number of thioether (sulfide) groups is 1. The Kier molecular flexibility index (Phi) is 6.08. The van der Waals surface area contributed by atoms with Crippen molar-refractivity contribution in [3.05, 3.63) is 83.4 Å². The van der Waals surface area contributed by atoms with Crippen LogP contribution in [0, 0.1) is 11.3 Å². The largest absolute Gasteiger partial charge is 0.493 e. The highest BCUT2D eigenvalue weighted by atomic mass is 35.5. The quantitative estimate of drug-likeness (QED) is 0.572. The van der Waals surface area contributed by atoms with E-state index in [2.05, 4.69) is 11.4 Å². The van der Waals surface area contributed by atoms with Gasteiger partial charge in [-0.15, -0.1) is 0 Å². The fourth-order valence-electron chi connectivity index (χ4n) is 3.38. The van der Waals surface area contributed by atoms with Crippen molar-refractivity contribution < 1.29 is 9.47 Å². The molecular formula is C24H20ClN3O2S. The minimum Gasteiger partial charge on any atom is -0.493 e. The number of hydrogen-bond acceptors (Lipinski definition) is 6. The monoisotopic (exact) mass is 449 g/mol. The number of rotatable bonds is 6. The maximum Gasteiger partial charge on any atom is 0.202 e. The SMILES string of the molecule is COc1cc2c(cc1OC)=C(Sc1ccccc1)C(Cl)(C#N)C(Nc1ccccc1)N=2. The van der Waals surface area contributed by atoms with Gasteiger partial charge in [0, 0.05) is 26.8 Å². The molecule has 3 aromatic carbocycles. The lowest BCUT2D eigenvalue weighted by Crippen LogP contribution is -2.50. The van der Waals surface area contributed by atoms with Crippen LogP contribution in [0.2, 0.25) is 0 Å². The first-order chi connectivity index (χ1) is 15.1. The Balaban J connectivity index is 1.95. The van der Waals surface area contributed by atoms with Crippen molar-refractivity contribution in [1.29, 1.82) is 5.26 Å². The van der Waals surface area contributed by atoms with Gasteiger partial charge in [0.1, 0.15) is 0 Å². The highest BCUT2D eigenvalue weighted by molar-refractivity contribution is 8.08. The average Bonchev–Trinajstić information content (AvgIpc) is 2.82. The minimum atomic E-state index is -1.43. The number of para-hydroxylation sites is 1. The predicted octanol–water partition coefficient (Wildman–Crippen LogP) is 4.18. The molecule has 1 aliphatic rings. The van der Waals surface area contributed by atoms with Crippen LogP contribution in [0.25, 0.3) is 4.91 Å². The Morgan fingerprint density at radius 3 is 2.23 bits per heavy atom. The van der Waals surface area contributed by atoms with Gasteiger partial charge in [0.25, 0.3) is 0 Å². The molecule has 0 saturated heterocycles. The van der Waals surface area contributed by atoms with Gasteiger partial charge in [-0.05, 0) is 30.3 Å². The molecule has 3 aromatic rings. The van der Waals surface area contributed by atoms with E-state index in [1.165, 1.54) is 11.8 Å². The topological polar surface area (TPSA) is 66.6 Å². The summed E-state index contributed by atoms with van der Waals surface area (Å²) in [5.41, 5.74) is 0.824. The number of nitrogens with one attached hydrogen (secondary N) is 1. The van der Waals surface area contributed by atoms with Crippen molar-refractivity contribution in [2.24, 2.45) is 4.99 Å². The number of benzene rings is 3. The molecule has 1 N–H and O–H groups in total. The summed E-state index contributed by atoms with van der Waals surface area (Å²) in [7, 11) is 3.16. The van der Waals surface area contributed by atoms with Gasteiger partial charge in [-0.3, -0.25) is 4.99 Å². The molecule has 156 valence electrons. The van der Waals surface area contributed by atoms with Gasteiger partial charge in [0.2, 0.25) is 4.87 Å². The number of halogens is 1. The third kappa shape index (κ3) is 4.07. The van der Waals surface area contributed by atoms with E-state index in [4.69, 9.17) is 26.1 Å². The van der Waals surface area contributed by atoms with E-state index in [0.29, 0.717) is 21.8 Å². The van der Waals surface area contributed by atoms with Crippen LogP contribution in [0.5, 0.6) is 11.5 Å². The van der Waals surface area contributed by atoms with Crippen LogP contribution in [0.3, 0.4) is 0 Å². The average molecular weight is 450 g/mol. The van der Waals surface area contributed by atoms with E-state index in [1.807, 2.05) is 72.8 Å². The zero-order valence-electron chi connectivity index (χ0n) is 17.0. The molecule has 2 unspecified atom stereocenters. The molecule has 1 heterocycles. The lowest BCUT2D eigenvalue weighted by molar-refractivity contribution is 0.354. The number of ether oxygens (including phenoxy) is 2. The van der Waals surface area contributed by atoms with E-state index in [9.17, 15) is 5.26 Å². The van der Waals surface area contributed by atoms with Crippen LogP contribution in [0.1, 0.15) is 0 Å². The van der Waals surface area contributed by atoms with Crippen LogP contribution in [-0.4, -0.2) is 25.3 Å². The first-order valence-electron chi connectivity index (χ1n) is 9.58. The summed E-state index contributed by atoms with van der Waals surface area (Å²) in [5, 5.41) is 15.0. The van der Waals surface area contributed by atoms with E-state index < -0.39 is 11.0 Å². The molecule has 0 radical (unpaired) electrons. The molecule has 0 fully saturated rings. The summed E-state index contributed by atoms with van der Waals surface area (Å²) in [6.45, 7) is 0. The van der Waals surface area contributed by atoms with Crippen LogP contribution in [0.15, 0.2) is 82.7 Å². The van der Waals surface area contributed by atoms with Crippen molar-refractivity contribution in [3.63, 3.8) is 0 Å². The van der Waals surface area contributed by atoms with Gasteiger partial charge in [-0.1, -0.05) is 59.8 Å². The van der Waals surface area contributed by atoms with Crippen LogP contribution in [0.4, 0.5) is 5.69 Å². The summed E-state index contributed by atoms with van der Waals surface area (Å²) in [4.78, 5) is 5.03. The number of fused-ring (bicyclic) bond motifs is 1. The third-order valence-electron chi connectivity index (χ3n) is 4.92. The van der Waals surface area contributed by atoms with Gasteiger partial charge in [0.15, 0.2) is 17.7 Å². The summed E-state index contributed by atoms with van der Waals surface area (Å²) >= 11 is 8.49. The molecule has 31 heavy (non-hydrogen) atoms. The molecule has 2 atom stereocenters. The molecule has 0 aliphatic carbocycles. The number of hydrogen-bond donors (Lipinski definition) is 1. The Labute approximate surface area is 190 Å². The Bertz CT molecular complexity index is 1250. The summed E-state index contributed by atoms with van der Waals surface area (Å²) in [6.07, 6.45) is -0.710. The Hall–Kier alpha value is -3.14. The van der Waals surface area contributed by atoms with Gasteiger partial charge >= 0.3 is 0 Å². The second-order valence-electron chi connectivity index (χ2n) is 6.83. The molecule has 0 spiro atoms. The third-order valence-corrected chi connectivity index (χ3v) is 6.77. The highest BCUT2D eigenvalue weighted by Crippen LogP contribution is 2.43. The van der Waals surface area contributed by atoms with E-state index in [1.54, 1.807) is 14.2 Å². The standard InChI is InChI=1S/C24H20ClN3O2S/c1-29-20-13-18-19(14-21(20)30-2)28-23(27-16-9-5-3-6-10-16)24(25,15-26)22(18)31-17-11-7-4-8-12-17/h3-14,23,27H,1-2H3. The maximum absolute atomic E-state index is 10.2. The fourth-order valence-corrected chi connectivity index (χ4v) is 4.81. The number of nitrogens with zero attached hydrogens (tertiary/aromatic N) is 2. The lowest BCUT2D eigenvalue weighted by Gasteiger charge is -2.32. The van der Waals surface area contributed by atoms with Gasteiger partial charge < -0.3 is 14.8 Å². The zero-order valence-corrected chi connectivity index (χ0v) is 18.6. The number of methoxy groups -OCH3 is 2. The van der Waals surface area contributed by atoms with Crippen molar-refractivity contribution in [2.75, 3.05) is 19.5 Å². The molecule has 4 rings (SSSR count). The predicted molar refractivity (Wildman–Crippen MR) is 124 cm³/mol.